The van der Waals surface area contributed by atoms with E-state index in [0.717, 1.165) is 65.3 Å². The molecule has 12 nitrogen and oxygen atoms in total. The van der Waals surface area contributed by atoms with E-state index in [1.165, 1.54) is 0 Å². The van der Waals surface area contributed by atoms with E-state index < -0.39 is 11.7 Å². The van der Waals surface area contributed by atoms with Crippen LogP contribution >= 0.6 is 0 Å². The molecule has 2 saturated carbocycles. The number of alkyl carbamates (subject to hydrolysis) is 1. The van der Waals surface area contributed by atoms with E-state index in [1.54, 1.807) is 6.92 Å². The number of amides is 1. The lowest BCUT2D eigenvalue weighted by Crippen LogP contribution is -2.35. The zero-order valence-corrected chi connectivity index (χ0v) is 26.0. The summed E-state index contributed by atoms with van der Waals surface area (Å²) in [5, 5.41) is 10.9. The second-order valence-corrected chi connectivity index (χ2v) is 12.4. The molecule has 12 heteroatoms. The van der Waals surface area contributed by atoms with Crippen molar-refractivity contribution in [3.63, 3.8) is 0 Å². The summed E-state index contributed by atoms with van der Waals surface area (Å²) in [7, 11) is 0. The van der Waals surface area contributed by atoms with E-state index >= 15 is 0 Å². The highest BCUT2D eigenvalue weighted by Gasteiger charge is 2.32. The van der Waals surface area contributed by atoms with E-state index in [-0.39, 0.29) is 12.1 Å². The van der Waals surface area contributed by atoms with Crippen LogP contribution in [0.4, 0.5) is 4.79 Å². The minimum atomic E-state index is -0.534. The van der Waals surface area contributed by atoms with Gasteiger partial charge in [0.15, 0.2) is 0 Å². The van der Waals surface area contributed by atoms with Crippen molar-refractivity contribution in [2.24, 2.45) is 5.73 Å². The Morgan fingerprint density at radius 2 is 1.40 bits per heavy atom. The Balaban J connectivity index is 0.000000155. The van der Waals surface area contributed by atoms with Gasteiger partial charge in [0, 0.05) is 35.5 Å². The molecule has 45 heavy (non-hydrogen) atoms. The Labute approximate surface area is 263 Å². The van der Waals surface area contributed by atoms with E-state index in [1.807, 2.05) is 57.2 Å². The monoisotopic (exact) mass is 617 g/mol. The summed E-state index contributed by atoms with van der Waals surface area (Å²) in [6.07, 6.45) is 4.10. The Morgan fingerprint density at radius 3 is 1.93 bits per heavy atom. The number of nitrogens with two attached hydrogens (primary N) is 1. The molecule has 4 aromatic rings. The molecule has 1 amide bonds. The molecule has 4 aliphatic rings. The fourth-order valence-electron chi connectivity index (χ4n) is 4.99. The number of ether oxygens (including phenoxy) is 3. The lowest BCUT2D eigenvalue weighted by atomic mass is 10.1. The maximum atomic E-state index is 12.0. The minimum absolute atomic E-state index is 0.0265. The second-order valence-electron chi connectivity index (χ2n) is 12.4. The summed E-state index contributed by atoms with van der Waals surface area (Å²) in [4.78, 5) is 20.8. The number of nitrogens with zero attached hydrogens (tertiary/aromatic N) is 4. The number of benzene rings is 2. The summed E-state index contributed by atoms with van der Waals surface area (Å²) < 4.78 is 33.3. The van der Waals surface area contributed by atoms with Crippen molar-refractivity contribution in [2.45, 2.75) is 89.8 Å². The maximum absolute atomic E-state index is 12.0. The number of carbonyl (C=O) groups excluding carboxylic acids is 1. The highest BCUT2D eigenvalue weighted by Crippen LogP contribution is 2.41. The van der Waals surface area contributed by atoms with E-state index in [4.69, 9.17) is 30.4 Å². The molecule has 2 atom stereocenters. The Hall–Kier alpha value is -4.45. The van der Waals surface area contributed by atoms with Crippen molar-refractivity contribution in [3.8, 4) is 34.3 Å². The normalized spacial score (nSPS) is 19.8. The van der Waals surface area contributed by atoms with E-state index in [0.29, 0.717) is 49.5 Å². The first-order chi connectivity index (χ1) is 22.1. The van der Waals surface area contributed by atoms with Gasteiger partial charge in [0.25, 0.3) is 0 Å². The third-order valence-electron chi connectivity index (χ3n) is 7.57. The van der Waals surface area contributed by atoms with Crippen molar-refractivity contribution in [3.05, 3.63) is 59.3 Å². The van der Waals surface area contributed by atoms with Crippen LogP contribution in [0.2, 0.25) is 0 Å². The molecular weight excluding hydrogens is 576 g/mol. The SMILES string of the molecule is CC(C)(C)OC(=O)N[C@@H]1COc2cc(-c3noc(C4CC4)n3)ccc21.N[C@@H]1COc2cc(-c3noc(C4CC4)n3)ccc21.[2H]CC. The van der Waals surface area contributed by atoms with Crippen LogP contribution in [-0.2, 0) is 4.74 Å². The summed E-state index contributed by atoms with van der Waals surface area (Å²) in [5.74, 6) is 5.11. The van der Waals surface area contributed by atoms with Crippen LogP contribution in [0.1, 0.15) is 108 Å². The van der Waals surface area contributed by atoms with Gasteiger partial charge in [-0.05, 0) is 58.6 Å². The first-order valence-electron chi connectivity index (χ1n) is 16.1. The average Bonchev–Trinajstić information content (AvgIpc) is 3.85. The number of aromatic nitrogens is 4. The molecule has 0 unspecified atom stereocenters. The predicted octanol–water partition coefficient (Wildman–Crippen LogP) is 6.60. The molecule has 0 bridgehead atoms. The molecular formula is C33H40N6O6. The van der Waals surface area contributed by atoms with Gasteiger partial charge in [-0.25, -0.2) is 4.79 Å². The fraction of sp³-hybridized carbons (Fsp3) is 0.485. The topological polar surface area (TPSA) is 161 Å². The summed E-state index contributed by atoms with van der Waals surface area (Å²) in [5.41, 5.74) is 9.10. The molecule has 2 aromatic carbocycles. The molecule has 2 aliphatic carbocycles. The quantitative estimate of drug-likeness (QED) is 0.248. The van der Waals surface area contributed by atoms with Gasteiger partial charge in [-0.3, -0.25) is 0 Å². The molecule has 3 N–H and O–H groups in total. The number of hydrogen-bond donors (Lipinski definition) is 2. The lowest BCUT2D eigenvalue weighted by molar-refractivity contribution is 0.0497. The highest BCUT2D eigenvalue weighted by atomic mass is 16.6. The fourth-order valence-corrected chi connectivity index (χ4v) is 4.99. The van der Waals surface area contributed by atoms with Crippen molar-refractivity contribution in [1.29, 1.82) is 0 Å². The van der Waals surface area contributed by atoms with Gasteiger partial charge < -0.3 is 34.3 Å². The third kappa shape index (κ3) is 7.11. The molecule has 0 spiro atoms. The van der Waals surface area contributed by atoms with Crippen LogP contribution in [-0.4, -0.2) is 45.2 Å². The van der Waals surface area contributed by atoms with Crippen LogP contribution in [0.5, 0.6) is 11.5 Å². The number of hydrogen-bond acceptors (Lipinski definition) is 11. The van der Waals surface area contributed by atoms with Crippen molar-refractivity contribution in [1.82, 2.24) is 25.6 Å². The molecule has 2 aromatic heterocycles. The van der Waals surface area contributed by atoms with Gasteiger partial charge in [0.05, 0.1) is 12.1 Å². The molecule has 2 aliphatic heterocycles. The molecule has 4 heterocycles. The minimum Gasteiger partial charge on any atom is -0.491 e. The van der Waals surface area contributed by atoms with Crippen LogP contribution in [0.25, 0.3) is 22.8 Å². The summed E-state index contributed by atoms with van der Waals surface area (Å²) in [6, 6.07) is 11.3. The highest BCUT2D eigenvalue weighted by molar-refractivity contribution is 5.69. The van der Waals surface area contributed by atoms with Crippen molar-refractivity contribution >= 4 is 6.09 Å². The third-order valence-corrected chi connectivity index (χ3v) is 7.57. The lowest BCUT2D eigenvalue weighted by Gasteiger charge is -2.21. The molecule has 0 radical (unpaired) electrons. The van der Waals surface area contributed by atoms with Gasteiger partial charge in [-0.1, -0.05) is 48.4 Å². The van der Waals surface area contributed by atoms with Crippen molar-refractivity contribution < 1.29 is 29.4 Å². The standard InChI is InChI=1S/C18H21N3O4.C13H13N3O2.C2H6/c1-18(2,3)24-17(22)19-13-9-23-14-8-11(6-7-12(13)14)15-20-16(25-21-15)10-4-5-10;14-10-6-17-11-5-8(3-4-9(10)11)12-15-13(18-16-12)7-1-2-7;1-2/h6-8,10,13H,4-5,9H2,1-3H3,(H,19,22);3-5,7,10H,1-2,6,14H2;1-2H3/t13-;10-;/m11./s1/i;;1D. The van der Waals surface area contributed by atoms with Gasteiger partial charge in [-0.2, -0.15) is 9.97 Å². The van der Waals surface area contributed by atoms with Gasteiger partial charge >= 0.3 is 6.09 Å². The van der Waals surface area contributed by atoms with Crippen LogP contribution in [0, 0.1) is 0 Å². The number of fused-ring (bicyclic) bond motifs is 2. The smallest absolute Gasteiger partial charge is 0.408 e. The maximum Gasteiger partial charge on any atom is 0.408 e. The van der Waals surface area contributed by atoms with Crippen molar-refractivity contribution in [2.75, 3.05) is 13.2 Å². The molecule has 2 fully saturated rings. The Morgan fingerprint density at radius 1 is 0.889 bits per heavy atom. The number of nitrogens with one attached hydrogen (secondary N) is 1. The summed E-state index contributed by atoms with van der Waals surface area (Å²) >= 11 is 0. The molecule has 0 saturated heterocycles. The molecule has 238 valence electrons. The zero-order valence-electron chi connectivity index (χ0n) is 27.0. The predicted molar refractivity (Wildman–Crippen MR) is 165 cm³/mol. The second kappa shape index (κ2) is 12.5. The first kappa shape index (κ1) is 29.3. The van der Waals surface area contributed by atoms with Crippen LogP contribution in [0.3, 0.4) is 0 Å². The largest absolute Gasteiger partial charge is 0.491 e. The van der Waals surface area contributed by atoms with Gasteiger partial charge in [-0.15, -0.1) is 0 Å². The Bertz CT molecular complexity index is 1670. The van der Waals surface area contributed by atoms with Gasteiger partial charge in [0.2, 0.25) is 23.4 Å². The average molecular weight is 618 g/mol. The van der Waals surface area contributed by atoms with Crippen LogP contribution < -0.4 is 20.5 Å². The van der Waals surface area contributed by atoms with Gasteiger partial charge in [0.1, 0.15) is 30.3 Å². The number of rotatable bonds is 5. The first-order valence-corrected chi connectivity index (χ1v) is 15.4. The Kier molecular flexibility index (Phi) is 8.14. The zero-order chi connectivity index (χ0) is 32.4. The molecule has 8 rings (SSSR count). The van der Waals surface area contributed by atoms with Crippen LogP contribution in [0.15, 0.2) is 45.4 Å². The van der Waals surface area contributed by atoms with E-state index in [9.17, 15) is 4.79 Å². The summed E-state index contributed by atoms with van der Waals surface area (Å²) in [6.45, 7) is 8.70. The number of carbonyl (C=O) groups is 1. The van der Waals surface area contributed by atoms with E-state index in [2.05, 4.69) is 25.6 Å².